The van der Waals surface area contributed by atoms with Crippen molar-refractivity contribution in [3.05, 3.63) is 24.0 Å². The van der Waals surface area contributed by atoms with E-state index in [0.717, 1.165) is 51.0 Å². The van der Waals surface area contributed by atoms with E-state index in [4.69, 9.17) is 0 Å². The second-order valence-electron chi connectivity index (χ2n) is 6.60. The molecule has 5 heteroatoms. The van der Waals surface area contributed by atoms with Crippen molar-refractivity contribution >= 4 is 11.6 Å². The third kappa shape index (κ3) is 5.20. The number of carbonyl (C=O) groups is 1. The molecule has 2 rings (SSSR count). The average Bonchev–Trinajstić information content (AvgIpc) is 2.58. The van der Waals surface area contributed by atoms with Crippen molar-refractivity contribution in [3.8, 4) is 0 Å². The Kier molecular flexibility index (Phi) is 6.84. The lowest BCUT2D eigenvalue weighted by Crippen LogP contribution is -2.43. The minimum Gasteiger partial charge on any atom is -0.384 e. The van der Waals surface area contributed by atoms with Gasteiger partial charge in [0, 0.05) is 31.5 Å². The minimum absolute atomic E-state index is 0.126. The third-order valence-electron chi connectivity index (χ3n) is 4.46. The summed E-state index contributed by atoms with van der Waals surface area (Å²) >= 11 is 0. The first-order valence-electron chi connectivity index (χ1n) is 8.76. The number of rotatable bonds is 7. The zero-order chi connectivity index (χ0) is 16.7. The van der Waals surface area contributed by atoms with Crippen molar-refractivity contribution < 1.29 is 4.79 Å². The highest BCUT2D eigenvalue weighted by Gasteiger charge is 2.26. The molecule has 2 heterocycles. The number of anilines is 1. The fraction of sp³-hybridized carbons (Fsp3) is 0.667. The molecule has 128 valence electrons. The molecule has 0 saturated carbocycles. The van der Waals surface area contributed by atoms with Crippen molar-refractivity contribution in [3.63, 3.8) is 0 Å². The fourth-order valence-electron chi connectivity index (χ4n) is 3.14. The van der Waals surface area contributed by atoms with E-state index in [9.17, 15) is 4.79 Å². The predicted octanol–water partition coefficient (Wildman–Crippen LogP) is 2.85. The number of piperidine rings is 1. The first-order valence-corrected chi connectivity index (χ1v) is 8.76. The summed E-state index contributed by atoms with van der Waals surface area (Å²) in [6.07, 6.45) is 9.04. The van der Waals surface area contributed by atoms with E-state index < -0.39 is 0 Å². The van der Waals surface area contributed by atoms with E-state index in [2.05, 4.69) is 36.2 Å². The van der Waals surface area contributed by atoms with Crippen molar-refractivity contribution in [2.45, 2.75) is 45.1 Å². The van der Waals surface area contributed by atoms with Gasteiger partial charge >= 0.3 is 0 Å². The number of likely N-dealkylation sites (tertiary alicyclic amines) is 1. The van der Waals surface area contributed by atoms with Gasteiger partial charge in [0.05, 0.1) is 11.3 Å². The molecule has 1 fully saturated rings. The van der Waals surface area contributed by atoms with Gasteiger partial charge in [-0.1, -0.05) is 6.92 Å². The maximum absolute atomic E-state index is 12.8. The Balaban J connectivity index is 1.96. The van der Waals surface area contributed by atoms with Crippen molar-refractivity contribution in [1.82, 2.24) is 14.8 Å². The summed E-state index contributed by atoms with van der Waals surface area (Å²) in [5, 5.41) is 3.36. The Hall–Kier alpha value is -1.62. The lowest BCUT2D eigenvalue weighted by atomic mass is 9.99. The molecule has 1 amide bonds. The lowest BCUT2D eigenvalue weighted by molar-refractivity contribution is 0.0607. The van der Waals surface area contributed by atoms with Crippen LogP contribution in [-0.4, -0.2) is 60.5 Å². The zero-order valence-corrected chi connectivity index (χ0v) is 14.7. The molecule has 1 saturated heterocycles. The maximum atomic E-state index is 12.8. The van der Waals surface area contributed by atoms with E-state index in [1.54, 1.807) is 12.4 Å². The Labute approximate surface area is 140 Å². The van der Waals surface area contributed by atoms with Crippen LogP contribution in [0.5, 0.6) is 0 Å². The van der Waals surface area contributed by atoms with Crippen LogP contribution in [-0.2, 0) is 0 Å². The summed E-state index contributed by atoms with van der Waals surface area (Å²) in [4.78, 5) is 21.2. The van der Waals surface area contributed by atoms with Gasteiger partial charge in [0.2, 0.25) is 0 Å². The predicted molar refractivity (Wildman–Crippen MR) is 94.9 cm³/mol. The highest BCUT2D eigenvalue weighted by Crippen LogP contribution is 2.22. The van der Waals surface area contributed by atoms with E-state index >= 15 is 0 Å². The van der Waals surface area contributed by atoms with Crippen LogP contribution in [0.2, 0.25) is 0 Å². The minimum atomic E-state index is 0.126. The van der Waals surface area contributed by atoms with Crippen LogP contribution in [0.1, 0.15) is 49.4 Å². The van der Waals surface area contributed by atoms with Crippen molar-refractivity contribution in [2.24, 2.45) is 0 Å². The summed E-state index contributed by atoms with van der Waals surface area (Å²) in [5.41, 5.74) is 1.63. The average molecular weight is 318 g/mol. The van der Waals surface area contributed by atoms with E-state index in [0.29, 0.717) is 11.6 Å². The van der Waals surface area contributed by atoms with Crippen LogP contribution >= 0.6 is 0 Å². The van der Waals surface area contributed by atoms with Gasteiger partial charge in [-0.3, -0.25) is 9.78 Å². The molecular weight excluding hydrogens is 288 g/mol. The lowest BCUT2D eigenvalue weighted by Gasteiger charge is -2.35. The van der Waals surface area contributed by atoms with Gasteiger partial charge in [0.15, 0.2) is 0 Å². The molecule has 0 spiro atoms. The molecule has 0 aromatic carbocycles. The van der Waals surface area contributed by atoms with E-state index in [1.165, 1.54) is 6.42 Å². The Morgan fingerprint density at radius 1 is 1.39 bits per heavy atom. The van der Waals surface area contributed by atoms with Crippen LogP contribution in [0.25, 0.3) is 0 Å². The SMILES string of the molecule is CCC1CCCCN1C(=O)c1cncc(NCCCN(C)C)c1. The molecule has 1 atom stereocenters. The van der Waals surface area contributed by atoms with Gasteiger partial charge in [-0.15, -0.1) is 0 Å². The molecular formula is C18H30N4O. The first-order chi connectivity index (χ1) is 11.1. The number of pyridine rings is 1. The monoisotopic (exact) mass is 318 g/mol. The number of amides is 1. The highest BCUT2D eigenvalue weighted by atomic mass is 16.2. The van der Waals surface area contributed by atoms with Gasteiger partial charge in [-0.05, 0) is 58.8 Å². The summed E-state index contributed by atoms with van der Waals surface area (Å²) in [6, 6.07) is 2.32. The molecule has 0 bridgehead atoms. The molecule has 0 radical (unpaired) electrons. The molecule has 23 heavy (non-hydrogen) atoms. The molecule has 1 aliphatic rings. The largest absolute Gasteiger partial charge is 0.384 e. The number of nitrogens with one attached hydrogen (secondary N) is 1. The first kappa shape index (κ1) is 17.7. The van der Waals surface area contributed by atoms with Crippen molar-refractivity contribution in [2.75, 3.05) is 39.0 Å². The topological polar surface area (TPSA) is 48.5 Å². The Morgan fingerprint density at radius 2 is 2.22 bits per heavy atom. The Morgan fingerprint density at radius 3 is 2.96 bits per heavy atom. The molecule has 1 N–H and O–H groups in total. The summed E-state index contributed by atoms with van der Waals surface area (Å²) in [5.74, 6) is 0.126. The standard InChI is InChI=1S/C18H30N4O/c1-4-17-8-5-6-11-22(17)18(23)15-12-16(14-19-13-15)20-9-7-10-21(2)3/h12-14,17,20H,4-11H2,1-3H3. The van der Waals surface area contributed by atoms with E-state index in [1.807, 2.05) is 11.0 Å². The molecule has 1 aromatic heterocycles. The smallest absolute Gasteiger partial charge is 0.255 e. The van der Waals surface area contributed by atoms with Crippen LogP contribution in [0.3, 0.4) is 0 Å². The van der Waals surface area contributed by atoms with Gasteiger partial charge in [-0.25, -0.2) is 0 Å². The molecule has 5 nitrogen and oxygen atoms in total. The van der Waals surface area contributed by atoms with Crippen LogP contribution in [0, 0.1) is 0 Å². The van der Waals surface area contributed by atoms with Gasteiger partial charge in [0.1, 0.15) is 0 Å². The number of hydrogen-bond donors (Lipinski definition) is 1. The number of hydrogen-bond acceptors (Lipinski definition) is 4. The van der Waals surface area contributed by atoms with Gasteiger partial charge < -0.3 is 15.1 Å². The van der Waals surface area contributed by atoms with Gasteiger partial charge in [-0.2, -0.15) is 0 Å². The molecule has 1 aromatic rings. The van der Waals surface area contributed by atoms with Crippen LogP contribution in [0.4, 0.5) is 5.69 Å². The second kappa shape index (κ2) is 8.87. The molecule has 1 unspecified atom stereocenters. The number of aromatic nitrogens is 1. The fourth-order valence-corrected chi connectivity index (χ4v) is 3.14. The molecule has 1 aliphatic heterocycles. The number of nitrogens with zero attached hydrogens (tertiary/aromatic N) is 3. The van der Waals surface area contributed by atoms with Crippen LogP contribution < -0.4 is 5.32 Å². The second-order valence-corrected chi connectivity index (χ2v) is 6.60. The van der Waals surface area contributed by atoms with Gasteiger partial charge in [0.25, 0.3) is 5.91 Å². The number of carbonyl (C=O) groups excluding carboxylic acids is 1. The Bertz CT molecular complexity index is 504. The van der Waals surface area contributed by atoms with E-state index in [-0.39, 0.29) is 5.91 Å². The summed E-state index contributed by atoms with van der Waals surface area (Å²) in [7, 11) is 4.15. The molecule has 0 aliphatic carbocycles. The quantitative estimate of drug-likeness (QED) is 0.785. The van der Waals surface area contributed by atoms with Crippen LogP contribution in [0.15, 0.2) is 18.5 Å². The van der Waals surface area contributed by atoms with Crippen molar-refractivity contribution in [1.29, 1.82) is 0 Å². The summed E-state index contributed by atoms with van der Waals surface area (Å²) < 4.78 is 0. The maximum Gasteiger partial charge on any atom is 0.255 e. The third-order valence-corrected chi connectivity index (χ3v) is 4.46. The highest BCUT2D eigenvalue weighted by molar-refractivity contribution is 5.95. The zero-order valence-electron chi connectivity index (χ0n) is 14.7. The summed E-state index contributed by atoms with van der Waals surface area (Å²) in [6.45, 7) is 4.97. The normalized spacial score (nSPS) is 18.3.